The lowest BCUT2D eigenvalue weighted by atomic mass is 10.1. The number of aliphatic hydroxyl groups excluding tert-OH is 1. The molecule has 0 saturated carbocycles. The van der Waals surface area contributed by atoms with E-state index in [1.807, 2.05) is 6.07 Å². The van der Waals surface area contributed by atoms with Crippen molar-refractivity contribution in [2.24, 2.45) is 4.99 Å². The van der Waals surface area contributed by atoms with Crippen LogP contribution in [0.3, 0.4) is 0 Å². The van der Waals surface area contributed by atoms with E-state index in [0.29, 0.717) is 41.5 Å². The number of aryl methyl sites for hydroxylation is 1. The summed E-state index contributed by atoms with van der Waals surface area (Å²) in [6.45, 7) is 3.92. The number of rotatable bonds is 3. The Hall–Kier alpha value is -3.37. The van der Waals surface area contributed by atoms with E-state index in [4.69, 9.17) is 4.74 Å². The van der Waals surface area contributed by atoms with Gasteiger partial charge in [0.15, 0.2) is 0 Å². The number of hydrogen-bond acceptors (Lipinski definition) is 7. The third-order valence-electron chi connectivity index (χ3n) is 5.45. The first-order valence-electron chi connectivity index (χ1n) is 9.88. The van der Waals surface area contributed by atoms with E-state index in [1.54, 1.807) is 13.1 Å². The maximum absolute atomic E-state index is 15.0. The first-order valence-corrected chi connectivity index (χ1v) is 9.88. The van der Waals surface area contributed by atoms with Crippen LogP contribution in [0.4, 0.5) is 26.0 Å². The number of halogens is 2. The Labute approximate surface area is 176 Å². The lowest BCUT2D eigenvalue weighted by Crippen LogP contribution is -2.36. The minimum atomic E-state index is -0.863. The normalized spacial score (nSPS) is 15.6. The highest BCUT2D eigenvalue weighted by Gasteiger charge is 2.27. The van der Waals surface area contributed by atoms with Crippen LogP contribution in [0.25, 0.3) is 11.3 Å². The molecule has 1 fully saturated rings. The third-order valence-corrected chi connectivity index (χ3v) is 5.45. The van der Waals surface area contributed by atoms with Gasteiger partial charge in [-0.25, -0.2) is 18.8 Å². The number of aromatic amines is 1. The molecule has 0 unspecified atom stereocenters. The van der Waals surface area contributed by atoms with Crippen molar-refractivity contribution in [2.75, 3.05) is 36.5 Å². The number of morpholine rings is 1. The van der Waals surface area contributed by atoms with Crippen molar-refractivity contribution < 1.29 is 18.6 Å². The van der Waals surface area contributed by atoms with E-state index in [-0.39, 0.29) is 17.0 Å². The molecule has 0 amide bonds. The zero-order chi connectivity index (χ0) is 21.5. The summed E-state index contributed by atoms with van der Waals surface area (Å²) in [5, 5.41) is 19.7. The molecule has 3 aromatic rings. The smallest absolute Gasteiger partial charge is 0.144 e. The molecule has 4 heterocycles. The van der Waals surface area contributed by atoms with E-state index in [1.165, 1.54) is 6.07 Å². The van der Waals surface area contributed by atoms with Crippen LogP contribution in [-0.4, -0.2) is 52.4 Å². The standard InChI is InChI=1S/C21H20F2N6O2/c1-11-19-20(28-27-11)13-8-16(29-4-6-31-7-5-29)24-9-15(13)25-21(26-19)17-14(22)3-2-12(10-30)18(17)23/h2-3,8-9,30H,4-7,10H2,1H3,(H,25,26)(H,27,28). The molecule has 0 radical (unpaired) electrons. The lowest BCUT2D eigenvalue weighted by molar-refractivity contribution is 0.122. The van der Waals surface area contributed by atoms with Crippen molar-refractivity contribution in [1.29, 1.82) is 0 Å². The molecule has 3 N–H and O–H groups in total. The number of aliphatic imine (C=N–C) groups is 1. The van der Waals surface area contributed by atoms with Crippen molar-refractivity contribution in [3.63, 3.8) is 0 Å². The number of fused-ring (bicyclic) bond motifs is 3. The third kappa shape index (κ3) is 3.33. The van der Waals surface area contributed by atoms with Crippen molar-refractivity contribution in [1.82, 2.24) is 15.2 Å². The maximum Gasteiger partial charge on any atom is 0.144 e. The average molecular weight is 426 g/mol. The van der Waals surface area contributed by atoms with Gasteiger partial charge in [-0.15, -0.1) is 0 Å². The first kappa shape index (κ1) is 19.6. The summed E-state index contributed by atoms with van der Waals surface area (Å²) >= 11 is 0. The molecule has 2 aromatic heterocycles. The van der Waals surface area contributed by atoms with Gasteiger partial charge in [-0.1, -0.05) is 6.07 Å². The Bertz CT molecular complexity index is 1190. The fraction of sp³-hybridized carbons (Fsp3) is 0.286. The minimum Gasteiger partial charge on any atom is -0.392 e. The molecule has 1 aromatic carbocycles. The number of benzene rings is 1. The van der Waals surface area contributed by atoms with Gasteiger partial charge in [-0.2, -0.15) is 5.10 Å². The summed E-state index contributed by atoms with van der Waals surface area (Å²) in [4.78, 5) is 11.2. The Balaban J connectivity index is 1.66. The van der Waals surface area contributed by atoms with Crippen molar-refractivity contribution in [2.45, 2.75) is 13.5 Å². The van der Waals surface area contributed by atoms with Crippen molar-refractivity contribution in [3.05, 3.63) is 52.9 Å². The minimum absolute atomic E-state index is 0.0178. The largest absolute Gasteiger partial charge is 0.392 e. The summed E-state index contributed by atoms with van der Waals surface area (Å²) < 4.78 is 35.0. The first-order chi connectivity index (χ1) is 15.1. The maximum atomic E-state index is 15.0. The number of nitrogens with one attached hydrogen (secondary N) is 2. The molecule has 0 aliphatic carbocycles. The van der Waals surface area contributed by atoms with Crippen LogP contribution in [0, 0.1) is 18.6 Å². The Kier molecular flexibility index (Phi) is 4.87. The zero-order valence-electron chi connectivity index (χ0n) is 16.7. The second-order valence-electron chi connectivity index (χ2n) is 7.37. The molecule has 31 heavy (non-hydrogen) atoms. The summed E-state index contributed by atoms with van der Waals surface area (Å²) in [6.07, 6.45) is 1.61. The highest BCUT2D eigenvalue weighted by Crippen LogP contribution is 2.40. The zero-order valence-corrected chi connectivity index (χ0v) is 16.7. The molecular weight excluding hydrogens is 406 g/mol. The van der Waals surface area contributed by atoms with E-state index in [2.05, 4.69) is 30.4 Å². The van der Waals surface area contributed by atoms with Gasteiger partial charge in [0.25, 0.3) is 0 Å². The summed E-state index contributed by atoms with van der Waals surface area (Å²) in [5.41, 5.74) is 2.58. The number of aliphatic hydroxyl groups is 1. The quantitative estimate of drug-likeness (QED) is 0.596. The Morgan fingerprint density at radius 2 is 2.03 bits per heavy atom. The van der Waals surface area contributed by atoms with Crippen LogP contribution in [0.2, 0.25) is 0 Å². The number of anilines is 2. The van der Waals surface area contributed by atoms with Gasteiger partial charge in [0.05, 0.1) is 43.0 Å². The van der Waals surface area contributed by atoms with E-state index in [9.17, 15) is 13.9 Å². The molecule has 0 spiro atoms. The molecule has 0 bridgehead atoms. The summed E-state index contributed by atoms with van der Waals surface area (Å²) in [6, 6.07) is 4.22. The lowest BCUT2D eigenvalue weighted by Gasteiger charge is -2.28. The van der Waals surface area contributed by atoms with Gasteiger partial charge in [-0.3, -0.25) is 5.10 Å². The molecule has 160 valence electrons. The van der Waals surface area contributed by atoms with E-state index < -0.39 is 18.2 Å². The molecular formula is C21H20F2N6O2. The topological polar surface area (TPSA) is 98.7 Å². The molecule has 2 aliphatic rings. The number of ether oxygens (including phenoxy) is 1. The van der Waals surface area contributed by atoms with Crippen LogP contribution < -0.4 is 10.2 Å². The van der Waals surface area contributed by atoms with Crippen LogP contribution in [0.1, 0.15) is 16.8 Å². The molecule has 10 heteroatoms. The molecule has 8 nitrogen and oxygen atoms in total. The molecule has 0 atom stereocenters. The predicted octanol–water partition coefficient (Wildman–Crippen LogP) is 2.89. The number of aromatic nitrogens is 3. The summed E-state index contributed by atoms with van der Waals surface area (Å²) in [7, 11) is 0. The molecule has 2 aliphatic heterocycles. The highest BCUT2D eigenvalue weighted by molar-refractivity contribution is 6.13. The van der Waals surface area contributed by atoms with Crippen molar-refractivity contribution in [3.8, 4) is 11.3 Å². The summed E-state index contributed by atoms with van der Waals surface area (Å²) in [5.74, 6) is -0.906. The van der Waals surface area contributed by atoms with Gasteiger partial charge >= 0.3 is 0 Å². The predicted molar refractivity (Wildman–Crippen MR) is 112 cm³/mol. The van der Waals surface area contributed by atoms with Gasteiger partial charge in [0, 0.05) is 24.2 Å². The van der Waals surface area contributed by atoms with Gasteiger partial charge < -0.3 is 20.1 Å². The number of amidine groups is 1. The fourth-order valence-corrected chi connectivity index (χ4v) is 3.77. The van der Waals surface area contributed by atoms with E-state index >= 15 is 0 Å². The van der Waals surface area contributed by atoms with Gasteiger partial charge in [0.2, 0.25) is 0 Å². The van der Waals surface area contributed by atoms with Crippen LogP contribution in [0.15, 0.2) is 29.4 Å². The monoisotopic (exact) mass is 426 g/mol. The number of hydrogen-bond donors (Lipinski definition) is 3. The van der Waals surface area contributed by atoms with Crippen LogP contribution in [-0.2, 0) is 11.3 Å². The SMILES string of the molecule is Cc1[nH]nc2c1N=C(c1c(F)ccc(CO)c1F)Nc1cnc(N3CCOCC3)cc1-2. The number of H-pyrrole nitrogens is 1. The van der Waals surface area contributed by atoms with Gasteiger partial charge in [0.1, 0.15) is 34.7 Å². The fourth-order valence-electron chi connectivity index (χ4n) is 3.77. The highest BCUT2D eigenvalue weighted by atomic mass is 19.1. The Morgan fingerprint density at radius 1 is 1.23 bits per heavy atom. The van der Waals surface area contributed by atoms with Crippen molar-refractivity contribution >= 4 is 23.0 Å². The molecule has 1 saturated heterocycles. The second kappa shape index (κ2) is 7.71. The number of nitrogens with zero attached hydrogens (tertiary/aromatic N) is 4. The Morgan fingerprint density at radius 3 is 2.81 bits per heavy atom. The molecule has 5 rings (SSSR count). The van der Waals surface area contributed by atoms with Gasteiger partial charge in [-0.05, 0) is 19.1 Å². The van der Waals surface area contributed by atoms with Crippen LogP contribution >= 0.6 is 0 Å². The van der Waals surface area contributed by atoms with Crippen LogP contribution in [0.5, 0.6) is 0 Å². The van der Waals surface area contributed by atoms with E-state index in [0.717, 1.165) is 25.0 Å². The average Bonchev–Trinajstić information content (AvgIpc) is 3.06. The number of pyridine rings is 1. The second-order valence-corrected chi connectivity index (χ2v) is 7.37.